The van der Waals surface area contributed by atoms with Gasteiger partial charge in [0.15, 0.2) is 0 Å². The summed E-state index contributed by atoms with van der Waals surface area (Å²) in [5.41, 5.74) is 7.35. The van der Waals surface area contributed by atoms with Gasteiger partial charge in [-0.3, -0.25) is 0 Å². The van der Waals surface area contributed by atoms with E-state index in [2.05, 4.69) is 0 Å². The number of rotatable bonds is 9. The lowest BCUT2D eigenvalue weighted by Gasteiger charge is -2.09. The topological polar surface area (TPSA) is 114 Å². The molecule has 0 aliphatic carbocycles. The molecule has 0 unspecified atom stereocenters. The van der Waals surface area contributed by atoms with Gasteiger partial charge in [0.1, 0.15) is 22.0 Å². The Kier molecular flexibility index (Phi) is 8.17. The summed E-state index contributed by atoms with van der Waals surface area (Å²) in [7, 11) is 1.58. The summed E-state index contributed by atoms with van der Waals surface area (Å²) >= 11 is 0.895. The van der Waals surface area contributed by atoms with Gasteiger partial charge in [0.05, 0.1) is 25.4 Å². The molecule has 156 valence electrons. The molecule has 2 N–H and O–H groups in total. The van der Waals surface area contributed by atoms with Gasteiger partial charge in [0, 0.05) is 12.7 Å². The van der Waals surface area contributed by atoms with Crippen LogP contribution < -0.4 is 5.73 Å². The average Bonchev–Trinajstić information content (AvgIpc) is 3.03. The maximum absolute atomic E-state index is 12.4. The van der Waals surface area contributed by atoms with E-state index in [9.17, 15) is 14.4 Å². The second-order valence-corrected chi connectivity index (χ2v) is 6.85. The number of carbonyl (C=O) groups is 3. The van der Waals surface area contributed by atoms with Crippen LogP contribution in [0.15, 0.2) is 24.3 Å². The predicted octanol–water partition coefficient (Wildman–Crippen LogP) is 3.19. The van der Waals surface area contributed by atoms with E-state index in [1.807, 2.05) is 0 Å². The average molecular weight is 421 g/mol. The van der Waals surface area contributed by atoms with Gasteiger partial charge in [-0.15, -0.1) is 11.3 Å². The van der Waals surface area contributed by atoms with E-state index in [-0.39, 0.29) is 40.8 Å². The number of ether oxygens (including phenoxy) is 4. The number of esters is 3. The van der Waals surface area contributed by atoms with E-state index in [4.69, 9.17) is 24.7 Å². The third-order valence-electron chi connectivity index (χ3n) is 3.82. The van der Waals surface area contributed by atoms with Crippen LogP contribution in [0.4, 0.5) is 5.00 Å². The highest BCUT2D eigenvalue weighted by Crippen LogP contribution is 2.33. The van der Waals surface area contributed by atoms with Crippen LogP contribution in [-0.2, 0) is 32.2 Å². The number of nitrogen functional groups attached to an aromatic ring is 1. The smallest absolute Gasteiger partial charge is 0.348 e. The number of carbonyl (C=O) groups excluding carboxylic acids is 3. The Balaban J connectivity index is 2.25. The zero-order chi connectivity index (χ0) is 21.4. The van der Waals surface area contributed by atoms with Crippen molar-refractivity contribution in [3.05, 3.63) is 51.4 Å². The van der Waals surface area contributed by atoms with Crippen molar-refractivity contribution < 1.29 is 33.3 Å². The van der Waals surface area contributed by atoms with Crippen molar-refractivity contribution in [1.29, 1.82) is 0 Å². The fraction of sp³-hybridized carbons (Fsp3) is 0.350. The number of nitrogens with two attached hydrogens (primary N) is 1. The lowest BCUT2D eigenvalue weighted by molar-refractivity contribution is 0.0437. The highest BCUT2D eigenvalue weighted by Gasteiger charge is 2.28. The molecule has 0 spiro atoms. The van der Waals surface area contributed by atoms with E-state index < -0.39 is 17.9 Å². The standard InChI is InChI=1S/C20H23NO7S/c1-4-26-19(23)15-14(16(29-17(15)21)20(24)27-5-2)11-28-18(22)13-8-6-12(7-9-13)10-25-3/h6-9H,4-5,10-11,21H2,1-3H3. The molecule has 8 nitrogen and oxygen atoms in total. The Morgan fingerprint density at radius 1 is 0.897 bits per heavy atom. The molecular formula is C20H23NO7S. The fourth-order valence-corrected chi connectivity index (χ4v) is 3.49. The molecule has 0 aliphatic rings. The summed E-state index contributed by atoms with van der Waals surface area (Å²) in [5.74, 6) is -1.94. The van der Waals surface area contributed by atoms with Gasteiger partial charge in [-0.05, 0) is 31.5 Å². The van der Waals surface area contributed by atoms with Gasteiger partial charge in [0.2, 0.25) is 0 Å². The molecule has 2 rings (SSSR count). The van der Waals surface area contributed by atoms with Crippen LogP contribution in [0, 0.1) is 0 Å². The van der Waals surface area contributed by atoms with Crippen molar-refractivity contribution in [3.63, 3.8) is 0 Å². The number of anilines is 1. The molecule has 1 aromatic carbocycles. The summed E-state index contributed by atoms with van der Waals surface area (Å²) in [6.45, 7) is 3.70. The van der Waals surface area contributed by atoms with Crippen LogP contribution in [0.3, 0.4) is 0 Å². The monoisotopic (exact) mass is 421 g/mol. The fourth-order valence-electron chi connectivity index (χ4n) is 2.54. The lowest BCUT2D eigenvalue weighted by Crippen LogP contribution is -2.14. The highest BCUT2D eigenvalue weighted by atomic mass is 32.1. The predicted molar refractivity (Wildman–Crippen MR) is 107 cm³/mol. The van der Waals surface area contributed by atoms with Crippen molar-refractivity contribution in [1.82, 2.24) is 0 Å². The van der Waals surface area contributed by atoms with Crippen molar-refractivity contribution in [2.45, 2.75) is 27.1 Å². The van der Waals surface area contributed by atoms with Crippen molar-refractivity contribution in [3.8, 4) is 0 Å². The summed E-state index contributed by atoms with van der Waals surface area (Å²) in [4.78, 5) is 37.0. The molecular weight excluding hydrogens is 398 g/mol. The zero-order valence-electron chi connectivity index (χ0n) is 16.5. The Labute approximate surface area is 172 Å². The molecule has 2 aromatic rings. The summed E-state index contributed by atoms with van der Waals surface area (Å²) in [6.07, 6.45) is 0. The van der Waals surface area contributed by atoms with Crippen LogP contribution in [0.1, 0.15) is 55.4 Å². The maximum Gasteiger partial charge on any atom is 0.348 e. The van der Waals surface area contributed by atoms with E-state index >= 15 is 0 Å². The van der Waals surface area contributed by atoms with Crippen molar-refractivity contribution >= 4 is 34.2 Å². The Morgan fingerprint density at radius 2 is 1.52 bits per heavy atom. The van der Waals surface area contributed by atoms with E-state index in [0.29, 0.717) is 12.2 Å². The number of benzene rings is 1. The van der Waals surface area contributed by atoms with Crippen molar-refractivity contribution in [2.24, 2.45) is 0 Å². The minimum Gasteiger partial charge on any atom is -0.462 e. The Hall–Kier alpha value is -2.91. The normalized spacial score (nSPS) is 10.4. The van der Waals surface area contributed by atoms with Gasteiger partial charge in [-0.25, -0.2) is 14.4 Å². The molecule has 29 heavy (non-hydrogen) atoms. The van der Waals surface area contributed by atoms with E-state index in [1.165, 1.54) is 0 Å². The first kappa shape index (κ1) is 22.4. The number of hydrogen-bond acceptors (Lipinski definition) is 9. The summed E-state index contributed by atoms with van der Waals surface area (Å²) in [6, 6.07) is 6.71. The Bertz CT molecular complexity index is 874. The lowest BCUT2D eigenvalue weighted by atomic mass is 10.1. The first-order valence-corrected chi connectivity index (χ1v) is 9.74. The zero-order valence-corrected chi connectivity index (χ0v) is 17.3. The molecule has 0 atom stereocenters. The number of thiophene rings is 1. The van der Waals surface area contributed by atoms with Crippen LogP contribution >= 0.6 is 11.3 Å². The third kappa shape index (κ3) is 5.55. The van der Waals surface area contributed by atoms with Gasteiger partial charge in [-0.2, -0.15) is 0 Å². The molecule has 0 saturated carbocycles. The van der Waals surface area contributed by atoms with E-state index in [1.54, 1.807) is 45.2 Å². The van der Waals surface area contributed by atoms with Crippen LogP contribution in [0.5, 0.6) is 0 Å². The molecule has 0 amide bonds. The Morgan fingerprint density at radius 3 is 2.10 bits per heavy atom. The minimum absolute atomic E-state index is 0.0168. The van der Waals surface area contributed by atoms with Crippen molar-refractivity contribution in [2.75, 3.05) is 26.1 Å². The number of methoxy groups -OCH3 is 1. The number of hydrogen-bond donors (Lipinski definition) is 1. The molecule has 0 radical (unpaired) electrons. The van der Waals surface area contributed by atoms with Gasteiger partial charge in [-0.1, -0.05) is 12.1 Å². The minimum atomic E-state index is -0.688. The first-order valence-electron chi connectivity index (χ1n) is 8.93. The molecule has 0 bridgehead atoms. The largest absolute Gasteiger partial charge is 0.462 e. The second-order valence-electron chi connectivity index (χ2n) is 5.80. The SMILES string of the molecule is CCOC(=O)c1sc(N)c(C(=O)OCC)c1COC(=O)c1ccc(COC)cc1. The summed E-state index contributed by atoms with van der Waals surface area (Å²) < 4.78 is 20.4. The highest BCUT2D eigenvalue weighted by molar-refractivity contribution is 7.18. The van der Waals surface area contributed by atoms with Crippen LogP contribution in [0.25, 0.3) is 0 Å². The second kappa shape index (κ2) is 10.6. The van der Waals surface area contributed by atoms with Crippen LogP contribution in [0.2, 0.25) is 0 Å². The van der Waals surface area contributed by atoms with Gasteiger partial charge < -0.3 is 24.7 Å². The third-order valence-corrected chi connectivity index (χ3v) is 4.86. The molecule has 1 heterocycles. The molecule has 0 aliphatic heterocycles. The molecule has 9 heteroatoms. The quantitative estimate of drug-likeness (QED) is 0.485. The van der Waals surface area contributed by atoms with Gasteiger partial charge >= 0.3 is 17.9 Å². The maximum atomic E-state index is 12.4. The first-order chi connectivity index (χ1) is 13.9. The summed E-state index contributed by atoms with van der Waals surface area (Å²) in [5, 5.41) is 0.0986. The van der Waals surface area contributed by atoms with Crippen LogP contribution in [-0.4, -0.2) is 38.2 Å². The molecule has 0 saturated heterocycles. The molecule has 1 aromatic heterocycles. The molecule has 0 fully saturated rings. The van der Waals surface area contributed by atoms with Gasteiger partial charge in [0.25, 0.3) is 0 Å². The van der Waals surface area contributed by atoms with E-state index in [0.717, 1.165) is 16.9 Å².